The van der Waals surface area contributed by atoms with Gasteiger partial charge < -0.3 is 4.74 Å². The molecule has 0 atom stereocenters. The molecule has 0 saturated carbocycles. The van der Waals surface area contributed by atoms with Gasteiger partial charge in [-0.15, -0.1) is 0 Å². The van der Waals surface area contributed by atoms with Crippen molar-refractivity contribution >= 4 is 27.5 Å². The number of hydrogen-bond donors (Lipinski definition) is 0. The minimum Gasteiger partial charge on any atom is -0.496 e. The van der Waals surface area contributed by atoms with Gasteiger partial charge in [-0.05, 0) is 30.3 Å². The van der Waals surface area contributed by atoms with Crippen molar-refractivity contribution < 1.29 is 4.74 Å². The largest absolute Gasteiger partial charge is 0.496 e. The Morgan fingerprint density at radius 1 is 1.00 bits per heavy atom. The highest BCUT2D eigenvalue weighted by molar-refractivity contribution is 9.10. The van der Waals surface area contributed by atoms with E-state index in [1.54, 1.807) is 19.6 Å². The van der Waals surface area contributed by atoms with Crippen molar-refractivity contribution in [2.24, 2.45) is 0 Å². The number of benzene rings is 2. The van der Waals surface area contributed by atoms with Crippen LogP contribution in [0.3, 0.4) is 0 Å². The number of para-hydroxylation sites is 1. The number of pyridine rings is 1. The van der Waals surface area contributed by atoms with Crippen LogP contribution < -0.4 is 4.74 Å². The molecule has 0 aliphatic rings. The Hall–Kier alpha value is -2.63. The van der Waals surface area contributed by atoms with Crippen LogP contribution in [0.15, 0.2) is 77.9 Å². The molecule has 0 N–H and O–H groups in total. The Morgan fingerprint density at radius 2 is 1.85 bits per heavy atom. The van der Waals surface area contributed by atoms with Gasteiger partial charge in [0.25, 0.3) is 0 Å². The fourth-order valence-corrected chi connectivity index (χ4v) is 3.94. The van der Waals surface area contributed by atoms with E-state index in [-0.39, 0.29) is 0 Å². The summed E-state index contributed by atoms with van der Waals surface area (Å²) in [6, 6.07) is 15.7. The van der Waals surface area contributed by atoms with E-state index in [4.69, 9.17) is 16.3 Å². The van der Waals surface area contributed by atoms with E-state index < -0.39 is 0 Å². The SMILES string of the molecule is COc1ccccc1-c1ccncc1-n1cncc1-c1cc(Cl)cc(Br)c1. The molecule has 0 saturated heterocycles. The van der Waals surface area contributed by atoms with Gasteiger partial charge in [-0.1, -0.05) is 45.7 Å². The van der Waals surface area contributed by atoms with Crippen molar-refractivity contribution in [2.45, 2.75) is 0 Å². The summed E-state index contributed by atoms with van der Waals surface area (Å²) >= 11 is 9.75. The van der Waals surface area contributed by atoms with Gasteiger partial charge in [0.15, 0.2) is 0 Å². The van der Waals surface area contributed by atoms with Gasteiger partial charge in [0.05, 0.1) is 37.2 Å². The highest BCUT2D eigenvalue weighted by atomic mass is 79.9. The number of nitrogens with zero attached hydrogens (tertiary/aromatic N) is 3. The van der Waals surface area contributed by atoms with Crippen molar-refractivity contribution in [3.05, 3.63) is 82.9 Å². The zero-order chi connectivity index (χ0) is 18.8. The maximum absolute atomic E-state index is 6.24. The van der Waals surface area contributed by atoms with Crippen LogP contribution in [0.5, 0.6) is 5.75 Å². The Morgan fingerprint density at radius 3 is 2.67 bits per heavy atom. The number of methoxy groups -OCH3 is 1. The van der Waals surface area contributed by atoms with Crippen LogP contribution >= 0.6 is 27.5 Å². The van der Waals surface area contributed by atoms with Crippen molar-refractivity contribution in [1.82, 2.24) is 14.5 Å². The summed E-state index contributed by atoms with van der Waals surface area (Å²) in [6.45, 7) is 0. The van der Waals surface area contributed by atoms with E-state index in [1.165, 1.54) is 0 Å². The predicted octanol–water partition coefficient (Wildman–Crippen LogP) is 6.03. The third-order valence-electron chi connectivity index (χ3n) is 4.25. The lowest BCUT2D eigenvalue weighted by molar-refractivity contribution is 0.416. The maximum atomic E-state index is 6.24. The van der Waals surface area contributed by atoms with Gasteiger partial charge >= 0.3 is 0 Å². The summed E-state index contributed by atoms with van der Waals surface area (Å²) in [5.74, 6) is 0.803. The first-order valence-corrected chi connectivity index (χ1v) is 9.41. The van der Waals surface area contributed by atoms with Gasteiger partial charge in [0.1, 0.15) is 5.75 Å². The second kappa shape index (κ2) is 7.55. The van der Waals surface area contributed by atoms with Gasteiger partial charge in [-0.2, -0.15) is 0 Å². The van der Waals surface area contributed by atoms with E-state index in [1.807, 2.05) is 65.5 Å². The van der Waals surface area contributed by atoms with Crippen LogP contribution in [0.2, 0.25) is 5.02 Å². The molecule has 4 aromatic rings. The molecule has 0 amide bonds. The standard InChI is InChI=1S/C21H15BrClN3O/c1-27-21-5-3-2-4-18(21)17-6-7-24-12-20(17)26-13-25-11-19(26)14-8-15(22)10-16(23)9-14/h2-13H,1H3. The van der Waals surface area contributed by atoms with Crippen molar-refractivity contribution in [1.29, 1.82) is 0 Å². The number of imidazole rings is 1. The fourth-order valence-electron chi connectivity index (χ4n) is 3.08. The molecule has 2 aromatic heterocycles. The normalized spacial score (nSPS) is 10.8. The molecule has 0 bridgehead atoms. The highest BCUT2D eigenvalue weighted by Gasteiger charge is 2.15. The second-order valence-corrected chi connectivity index (χ2v) is 7.25. The van der Waals surface area contributed by atoms with Crippen LogP contribution in [0.4, 0.5) is 0 Å². The summed E-state index contributed by atoms with van der Waals surface area (Å²) in [5, 5.41) is 0.656. The first-order valence-electron chi connectivity index (χ1n) is 8.24. The zero-order valence-corrected chi connectivity index (χ0v) is 16.8. The van der Waals surface area contributed by atoms with Crippen molar-refractivity contribution in [3.63, 3.8) is 0 Å². The molecule has 2 heterocycles. The molecule has 6 heteroatoms. The molecule has 0 fully saturated rings. The van der Waals surface area contributed by atoms with E-state index >= 15 is 0 Å². The van der Waals surface area contributed by atoms with Crippen molar-refractivity contribution in [2.75, 3.05) is 7.11 Å². The molecule has 4 rings (SSSR count). The van der Waals surface area contributed by atoms with Gasteiger partial charge in [0, 0.05) is 32.4 Å². The Labute approximate surface area is 170 Å². The molecule has 27 heavy (non-hydrogen) atoms. The van der Waals surface area contributed by atoms with E-state index in [0.29, 0.717) is 5.02 Å². The molecule has 0 spiro atoms. The minimum atomic E-state index is 0.656. The number of aromatic nitrogens is 3. The average molecular weight is 441 g/mol. The first-order chi connectivity index (χ1) is 13.2. The highest BCUT2D eigenvalue weighted by Crippen LogP contribution is 2.36. The lowest BCUT2D eigenvalue weighted by Gasteiger charge is -2.15. The number of ether oxygens (including phenoxy) is 1. The summed E-state index contributed by atoms with van der Waals surface area (Å²) in [4.78, 5) is 8.68. The Balaban J connectivity index is 1.91. The zero-order valence-electron chi connectivity index (χ0n) is 14.4. The van der Waals surface area contributed by atoms with Crippen LogP contribution in [0.25, 0.3) is 28.1 Å². The molecule has 0 aliphatic carbocycles. The first kappa shape index (κ1) is 17.8. The molecule has 2 aromatic carbocycles. The van der Waals surface area contributed by atoms with E-state index in [0.717, 1.165) is 38.3 Å². The smallest absolute Gasteiger partial charge is 0.126 e. The molecule has 0 unspecified atom stereocenters. The Kier molecular flexibility index (Phi) is 4.97. The second-order valence-electron chi connectivity index (χ2n) is 5.90. The van der Waals surface area contributed by atoms with Gasteiger partial charge in [0.2, 0.25) is 0 Å². The lowest BCUT2D eigenvalue weighted by atomic mass is 10.0. The molecule has 0 aliphatic heterocycles. The van der Waals surface area contributed by atoms with E-state index in [9.17, 15) is 0 Å². The third-order valence-corrected chi connectivity index (χ3v) is 4.93. The lowest BCUT2D eigenvalue weighted by Crippen LogP contribution is -2.00. The minimum absolute atomic E-state index is 0.656. The quantitative estimate of drug-likeness (QED) is 0.389. The summed E-state index contributed by atoms with van der Waals surface area (Å²) in [6.07, 6.45) is 7.20. The number of halogens is 2. The molecule has 0 radical (unpaired) electrons. The van der Waals surface area contributed by atoms with E-state index in [2.05, 4.69) is 25.9 Å². The predicted molar refractivity (Wildman–Crippen MR) is 111 cm³/mol. The maximum Gasteiger partial charge on any atom is 0.126 e. The van der Waals surface area contributed by atoms with Crippen LogP contribution in [0.1, 0.15) is 0 Å². The average Bonchev–Trinajstić information content (AvgIpc) is 3.17. The van der Waals surface area contributed by atoms with Gasteiger partial charge in [-0.25, -0.2) is 4.98 Å². The third kappa shape index (κ3) is 3.48. The molecule has 4 nitrogen and oxygen atoms in total. The van der Waals surface area contributed by atoms with Crippen LogP contribution in [-0.4, -0.2) is 21.6 Å². The summed E-state index contributed by atoms with van der Waals surface area (Å²) in [5.41, 5.74) is 4.78. The van der Waals surface area contributed by atoms with Crippen LogP contribution in [0, 0.1) is 0 Å². The fraction of sp³-hybridized carbons (Fsp3) is 0.0476. The Bertz CT molecular complexity index is 1090. The summed E-state index contributed by atoms with van der Waals surface area (Å²) < 4.78 is 8.47. The summed E-state index contributed by atoms with van der Waals surface area (Å²) in [7, 11) is 1.67. The van der Waals surface area contributed by atoms with Crippen molar-refractivity contribution in [3.8, 4) is 33.8 Å². The molecule has 134 valence electrons. The number of hydrogen-bond acceptors (Lipinski definition) is 3. The molecular formula is C21H15BrClN3O. The van der Waals surface area contributed by atoms with Gasteiger partial charge in [-0.3, -0.25) is 9.55 Å². The number of rotatable bonds is 4. The van der Waals surface area contributed by atoms with Crippen LogP contribution in [-0.2, 0) is 0 Å². The monoisotopic (exact) mass is 439 g/mol. The topological polar surface area (TPSA) is 39.9 Å². The molecular weight excluding hydrogens is 426 g/mol.